The molecule has 0 unspecified atom stereocenters. The number of hydrogen-bond acceptors (Lipinski definition) is 2. The molecule has 0 fully saturated rings. The van der Waals surface area contributed by atoms with Gasteiger partial charge in [0.15, 0.2) is 0 Å². The van der Waals surface area contributed by atoms with Gasteiger partial charge in [-0.1, -0.05) is 12.1 Å². The normalized spacial score (nSPS) is 12.1. The van der Waals surface area contributed by atoms with Crippen LogP contribution < -0.4 is 0 Å². The summed E-state index contributed by atoms with van der Waals surface area (Å²) >= 11 is 0. The van der Waals surface area contributed by atoms with Crippen molar-refractivity contribution in [1.82, 2.24) is 0 Å². The zero-order valence-electron chi connectivity index (χ0n) is 7.17. The Hall–Kier alpha value is -0.680. The molecule has 0 heterocycles. The topological polar surface area (TPSA) is 34.1 Å². The lowest BCUT2D eigenvalue weighted by Gasteiger charge is -2.06. The molecule has 78 valence electrons. The van der Waals surface area contributed by atoms with Crippen LogP contribution in [-0.2, 0) is 9.05 Å². The van der Waals surface area contributed by atoms with Gasteiger partial charge in [0.1, 0.15) is 0 Å². The van der Waals surface area contributed by atoms with Gasteiger partial charge < -0.3 is 0 Å². The highest BCUT2D eigenvalue weighted by Crippen LogP contribution is 2.29. The highest BCUT2D eigenvalue weighted by Gasteiger charge is 2.21. The average molecular weight is 241 g/mol. The lowest BCUT2D eigenvalue weighted by atomic mass is 10.1. The van der Waals surface area contributed by atoms with Crippen molar-refractivity contribution in [2.45, 2.75) is 18.2 Å². The number of benzene rings is 1. The van der Waals surface area contributed by atoms with E-state index in [0.717, 1.165) is 12.1 Å². The molecule has 0 saturated heterocycles. The monoisotopic (exact) mass is 240 g/mol. The van der Waals surface area contributed by atoms with Crippen molar-refractivity contribution >= 4 is 19.7 Å². The van der Waals surface area contributed by atoms with Crippen molar-refractivity contribution in [3.05, 3.63) is 29.3 Å². The Labute approximate surface area is 84.9 Å². The van der Waals surface area contributed by atoms with E-state index in [9.17, 15) is 17.2 Å². The van der Waals surface area contributed by atoms with Crippen molar-refractivity contribution < 1.29 is 17.2 Å². The zero-order valence-corrected chi connectivity index (χ0v) is 8.74. The van der Waals surface area contributed by atoms with Crippen molar-refractivity contribution in [3.63, 3.8) is 0 Å². The fraction of sp³-hybridized carbons (Fsp3) is 0.250. The van der Waals surface area contributed by atoms with E-state index in [2.05, 4.69) is 0 Å². The first-order chi connectivity index (χ1) is 6.32. The number of rotatable bonds is 2. The lowest BCUT2D eigenvalue weighted by Crippen LogP contribution is -1.99. The van der Waals surface area contributed by atoms with E-state index in [1.165, 1.54) is 6.07 Å². The van der Waals surface area contributed by atoms with E-state index in [-0.39, 0.29) is 0 Å². The molecular formula is C8H7ClF2O2S. The van der Waals surface area contributed by atoms with E-state index in [1.54, 1.807) is 6.92 Å². The fourth-order valence-corrected chi connectivity index (χ4v) is 2.20. The predicted octanol–water partition coefficient (Wildman–Crippen LogP) is 2.86. The van der Waals surface area contributed by atoms with Crippen molar-refractivity contribution in [2.75, 3.05) is 0 Å². The second kappa shape index (κ2) is 3.82. The van der Waals surface area contributed by atoms with Crippen molar-refractivity contribution in [1.29, 1.82) is 0 Å². The summed E-state index contributed by atoms with van der Waals surface area (Å²) in [4.78, 5) is -0.519. The van der Waals surface area contributed by atoms with Gasteiger partial charge in [-0.05, 0) is 18.6 Å². The van der Waals surface area contributed by atoms with Crippen LogP contribution in [0.2, 0.25) is 0 Å². The first-order valence-electron chi connectivity index (χ1n) is 3.65. The van der Waals surface area contributed by atoms with Gasteiger partial charge in [-0.3, -0.25) is 0 Å². The molecule has 1 aromatic carbocycles. The van der Waals surface area contributed by atoms with Gasteiger partial charge >= 0.3 is 0 Å². The number of alkyl halides is 2. The SMILES string of the molecule is Cc1ccc(C(F)F)c(S(=O)(=O)Cl)c1. The molecule has 6 heteroatoms. The molecule has 0 aliphatic rings. The van der Waals surface area contributed by atoms with Gasteiger partial charge in [-0.25, -0.2) is 17.2 Å². The highest BCUT2D eigenvalue weighted by atomic mass is 35.7. The first kappa shape index (κ1) is 11.4. The first-order valence-corrected chi connectivity index (χ1v) is 5.96. The Balaban J connectivity index is 3.46. The summed E-state index contributed by atoms with van der Waals surface area (Å²) in [6.07, 6.45) is -2.85. The highest BCUT2D eigenvalue weighted by molar-refractivity contribution is 8.13. The van der Waals surface area contributed by atoms with Crippen LogP contribution in [0.3, 0.4) is 0 Å². The Morgan fingerprint density at radius 2 is 1.93 bits per heavy atom. The summed E-state index contributed by atoms with van der Waals surface area (Å²) in [7, 11) is 0.910. The minimum absolute atomic E-state index is 0.519. The van der Waals surface area contributed by atoms with Crippen molar-refractivity contribution in [2.24, 2.45) is 0 Å². The minimum atomic E-state index is -4.11. The smallest absolute Gasteiger partial charge is 0.207 e. The van der Waals surface area contributed by atoms with E-state index in [4.69, 9.17) is 10.7 Å². The maximum absolute atomic E-state index is 12.4. The van der Waals surface area contributed by atoms with Crippen LogP contribution in [0, 0.1) is 6.92 Å². The van der Waals surface area contributed by atoms with Crippen LogP contribution in [0.5, 0.6) is 0 Å². The molecule has 0 saturated carbocycles. The van der Waals surface area contributed by atoms with Crippen LogP contribution in [0.25, 0.3) is 0 Å². The Kier molecular flexibility index (Phi) is 3.11. The molecule has 0 aromatic heterocycles. The fourth-order valence-electron chi connectivity index (χ4n) is 1.03. The van der Waals surface area contributed by atoms with Crippen LogP contribution in [0.1, 0.15) is 17.6 Å². The standard InChI is InChI=1S/C8H7ClF2O2S/c1-5-2-3-6(8(10)11)7(4-5)14(9,12)13/h2-4,8H,1H3. The summed E-state index contributed by atoms with van der Waals surface area (Å²) < 4.78 is 46.6. The van der Waals surface area contributed by atoms with Crippen LogP contribution in [-0.4, -0.2) is 8.42 Å². The number of hydrogen-bond donors (Lipinski definition) is 0. The van der Waals surface area contributed by atoms with Gasteiger partial charge in [0.05, 0.1) is 4.90 Å². The summed E-state index contributed by atoms with van der Waals surface area (Å²) in [5.41, 5.74) is -0.000718. The van der Waals surface area contributed by atoms with Crippen LogP contribution in [0.4, 0.5) is 8.78 Å². The van der Waals surface area contributed by atoms with Gasteiger partial charge in [0.25, 0.3) is 15.5 Å². The largest absolute Gasteiger partial charge is 0.265 e. The lowest BCUT2D eigenvalue weighted by molar-refractivity contribution is 0.148. The third kappa shape index (κ3) is 2.42. The molecule has 0 aliphatic carbocycles. The third-order valence-electron chi connectivity index (χ3n) is 1.67. The van der Waals surface area contributed by atoms with Gasteiger partial charge in [-0.15, -0.1) is 0 Å². The Morgan fingerprint density at radius 1 is 1.36 bits per heavy atom. The molecule has 14 heavy (non-hydrogen) atoms. The predicted molar refractivity (Wildman–Crippen MR) is 49.2 cm³/mol. The summed E-state index contributed by atoms with van der Waals surface area (Å²) in [6, 6.07) is 3.60. The zero-order chi connectivity index (χ0) is 10.9. The molecule has 0 radical (unpaired) electrons. The maximum atomic E-state index is 12.4. The van der Waals surface area contributed by atoms with E-state index in [1.807, 2.05) is 0 Å². The molecule has 0 aliphatic heterocycles. The molecule has 0 spiro atoms. The molecule has 1 aromatic rings. The molecule has 0 atom stereocenters. The number of aryl methyl sites for hydroxylation is 1. The van der Waals surface area contributed by atoms with Crippen molar-refractivity contribution in [3.8, 4) is 0 Å². The second-order valence-electron chi connectivity index (χ2n) is 2.78. The summed E-state index contributed by atoms with van der Waals surface area (Å²) in [5.74, 6) is 0. The Bertz CT molecular complexity index is 443. The molecule has 0 amide bonds. The van der Waals surface area contributed by atoms with E-state index < -0.39 is 25.9 Å². The van der Waals surface area contributed by atoms with Crippen LogP contribution >= 0.6 is 10.7 Å². The molecular weight excluding hydrogens is 234 g/mol. The summed E-state index contributed by atoms with van der Waals surface area (Å²) in [5, 5.41) is 0. The second-order valence-corrected chi connectivity index (χ2v) is 5.31. The van der Waals surface area contributed by atoms with Gasteiger partial charge in [0.2, 0.25) is 0 Å². The van der Waals surface area contributed by atoms with E-state index >= 15 is 0 Å². The average Bonchev–Trinajstić information content (AvgIpc) is 2.01. The third-order valence-corrected chi connectivity index (χ3v) is 3.04. The minimum Gasteiger partial charge on any atom is -0.207 e. The number of halogens is 3. The maximum Gasteiger partial charge on any atom is 0.265 e. The van der Waals surface area contributed by atoms with Gasteiger partial charge in [-0.2, -0.15) is 0 Å². The molecule has 0 N–H and O–H groups in total. The van der Waals surface area contributed by atoms with Crippen LogP contribution in [0.15, 0.2) is 23.1 Å². The Morgan fingerprint density at radius 3 is 2.36 bits per heavy atom. The van der Waals surface area contributed by atoms with E-state index in [0.29, 0.717) is 5.56 Å². The molecule has 1 rings (SSSR count). The molecule has 0 bridgehead atoms. The van der Waals surface area contributed by atoms with Gasteiger partial charge in [0, 0.05) is 16.2 Å². The summed E-state index contributed by atoms with van der Waals surface area (Å²) in [6.45, 7) is 1.60. The quantitative estimate of drug-likeness (QED) is 0.745. The molecule has 2 nitrogen and oxygen atoms in total.